The molecule has 0 aliphatic carbocycles. The summed E-state index contributed by atoms with van der Waals surface area (Å²) in [6.45, 7) is 5.23. The lowest BCUT2D eigenvalue weighted by Crippen LogP contribution is -2.35. The van der Waals surface area contributed by atoms with Crippen LogP contribution in [0.25, 0.3) is 0 Å². The van der Waals surface area contributed by atoms with Crippen molar-refractivity contribution in [2.75, 3.05) is 11.4 Å². The van der Waals surface area contributed by atoms with Gasteiger partial charge in [0.15, 0.2) is 5.78 Å². The fourth-order valence-corrected chi connectivity index (χ4v) is 3.14. The quantitative estimate of drug-likeness (QED) is 0.670. The third-order valence-electron chi connectivity index (χ3n) is 4.43. The van der Waals surface area contributed by atoms with Gasteiger partial charge in [-0.1, -0.05) is 48.0 Å². The molecule has 0 N–H and O–H groups in total. The molecule has 0 amide bonds. The number of hydrogen-bond donors (Lipinski definition) is 0. The molecule has 0 saturated carbocycles. The van der Waals surface area contributed by atoms with Gasteiger partial charge in [-0.15, -0.1) is 0 Å². The number of benzene rings is 2. The zero-order valence-electron chi connectivity index (χ0n) is 13.4. The van der Waals surface area contributed by atoms with Gasteiger partial charge >= 0.3 is 0 Å². The number of anilines is 1. The minimum atomic E-state index is -0.116. The van der Waals surface area contributed by atoms with Crippen LogP contribution in [0.1, 0.15) is 30.6 Å². The zero-order chi connectivity index (χ0) is 16.4. The first-order valence-electron chi connectivity index (χ1n) is 7.82. The molecule has 0 unspecified atom stereocenters. The lowest BCUT2D eigenvalue weighted by Gasteiger charge is -2.37. The van der Waals surface area contributed by atoms with Crippen LogP contribution in [0.15, 0.2) is 70.8 Å². The Hall–Kier alpha value is -1.87. The number of hydrogen-bond acceptors (Lipinski definition) is 2. The molecule has 3 heteroatoms. The Balaban J connectivity index is 1.97. The first-order chi connectivity index (χ1) is 11.0. The van der Waals surface area contributed by atoms with Crippen LogP contribution in [0, 0.1) is 5.41 Å². The van der Waals surface area contributed by atoms with Crippen LogP contribution in [0.2, 0.25) is 0 Å². The molecule has 1 heterocycles. The summed E-state index contributed by atoms with van der Waals surface area (Å²) in [7, 11) is 0. The summed E-state index contributed by atoms with van der Waals surface area (Å²) in [4.78, 5) is 15.2. The summed E-state index contributed by atoms with van der Waals surface area (Å²) in [5.74, 6) is 0.114. The molecule has 0 aromatic heterocycles. The van der Waals surface area contributed by atoms with Crippen molar-refractivity contribution in [3.05, 3.63) is 76.4 Å². The molecular formula is C20H20BrNO. The highest BCUT2D eigenvalue weighted by Crippen LogP contribution is 2.38. The maximum Gasteiger partial charge on any atom is 0.191 e. The van der Waals surface area contributed by atoms with Crippen LogP contribution in [-0.2, 0) is 0 Å². The Morgan fingerprint density at radius 1 is 1.04 bits per heavy atom. The molecule has 23 heavy (non-hydrogen) atoms. The van der Waals surface area contributed by atoms with E-state index in [1.54, 1.807) is 0 Å². The number of rotatable bonds is 3. The Morgan fingerprint density at radius 3 is 2.35 bits per heavy atom. The maximum atomic E-state index is 13.0. The maximum absolute atomic E-state index is 13.0. The molecular weight excluding hydrogens is 350 g/mol. The molecule has 3 rings (SSSR count). The Bertz CT molecular complexity index is 732. The van der Waals surface area contributed by atoms with Crippen molar-refractivity contribution in [2.45, 2.75) is 20.3 Å². The smallest absolute Gasteiger partial charge is 0.191 e. The van der Waals surface area contributed by atoms with Crippen molar-refractivity contribution < 1.29 is 4.79 Å². The molecule has 0 bridgehead atoms. The standard InChI is InChI=1S/C20H20BrNO/c1-20(2)12-13-22(17-6-4-3-5-7-17)14-18(20)19(23)15-8-10-16(21)11-9-15/h3-11,14H,12-13H2,1-2H3. The number of nitrogens with zero attached hydrogens (tertiary/aromatic N) is 1. The largest absolute Gasteiger partial charge is 0.348 e. The third-order valence-corrected chi connectivity index (χ3v) is 4.96. The number of carbonyl (C=O) groups is 1. The molecule has 2 aromatic rings. The van der Waals surface area contributed by atoms with E-state index in [1.807, 2.05) is 48.7 Å². The van der Waals surface area contributed by atoms with Crippen LogP contribution >= 0.6 is 15.9 Å². The number of carbonyl (C=O) groups excluding carboxylic acids is 1. The van der Waals surface area contributed by atoms with Gasteiger partial charge in [0.1, 0.15) is 0 Å². The second-order valence-corrected chi connectivity index (χ2v) is 7.46. The van der Waals surface area contributed by atoms with E-state index in [0.717, 1.165) is 34.3 Å². The Labute approximate surface area is 146 Å². The van der Waals surface area contributed by atoms with Crippen molar-refractivity contribution in [1.82, 2.24) is 0 Å². The lowest BCUT2D eigenvalue weighted by atomic mass is 9.76. The van der Waals surface area contributed by atoms with E-state index in [4.69, 9.17) is 0 Å². The molecule has 0 saturated heterocycles. The monoisotopic (exact) mass is 369 g/mol. The average Bonchev–Trinajstić information content (AvgIpc) is 2.55. The van der Waals surface area contributed by atoms with Gasteiger partial charge in [0.2, 0.25) is 0 Å². The molecule has 1 aliphatic rings. The first-order valence-corrected chi connectivity index (χ1v) is 8.61. The van der Waals surface area contributed by atoms with E-state index >= 15 is 0 Å². The third kappa shape index (κ3) is 3.40. The van der Waals surface area contributed by atoms with Crippen molar-refractivity contribution in [2.24, 2.45) is 5.41 Å². The number of ketones is 1. The summed E-state index contributed by atoms with van der Waals surface area (Å²) in [5.41, 5.74) is 2.62. The summed E-state index contributed by atoms with van der Waals surface area (Å²) in [6, 6.07) is 17.8. The highest BCUT2D eigenvalue weighted by molar-refractivity contribution is 9.10. The number of allylic oxidation sites excluding steroid dienone is 1. The predicted molar refractivity (Wildman–Crippen MR) is 98.7 cm³/mol. The minimum absolute atomic E-state index is 0.114. The number of para-hydroxylation sites is 1. The normalized spacial score (nSPS) is 16.8. The van der Waals surface area contributed by atoms with E-state index in [1.165, 1.54) is 0 Å². The first kappa shape index (κ1) is 16.0. The van der Waals surface area contributed by atoms with Crippen molar-refractivity contribution in [3.63, 3.8) is 0 Å². The second kappa shape index (κ2) is 6.32. The Kier molecular flexibility index (Phi) is 4.40. The van der Waals surface area contributed by atoms with Gasteiger partial charge in [-0.05, 0) is 48.2 Å². The second-order valence-electron chi connectivity index (χ2n) is 6.54. The molecule has 1 aliphatic heterocycles. The van der Waals surface area contributed by atoms with Crippen LogP contribution in [-0.4, -0.2) is 12.3 Å². The van der Waals surface area contributed by atoms with Crippen LogP contribution < -0.4 is 4.90 Å². The summed E-state index contributed by atoms with van der Waals surface area (Å²) >= 11 is 3.42. The predicted octanol–water partition coefficient (Wildman–Crippen LogP) is 5.45. The van der Waals surface area contributed by atoms with Crippen molar-refractivity contribution in [3.8, 4) is 0 Å². The molecule has 0 radical (unpaired) electrons. The van der Waals surface area contributed by atoms with E-state index < -0.39 is 0 Å². The summed E-state index contributed by atoms with van der Waals surface area (Å²) < 4.78 is 0.983. The summed E-state index contributed by atoms with van der Waals surface area (Å²) in [6.07, 6.45) is 2.99. The average molecular weight is 370 g/mol. The SMILES string of the molecule is CC1(C)CCN(c2ccccc2)C=C1C(=O)c1ccc(Br)cc1. The molecule has 2 nitrogen and oxygen atoms in total. The van der Waals surface area contributed by atoms with E-state index in [0.29, 0.717) is 0 Å². The van der Waals surface area contributed by atoms with E-state index in [-0.39, 0.29) is 11.2 Å². The summed E-state index contributed by atoms with van der Waals surface area (Å²) in [5, 5.41) is 0. The van der Waals surface area contributed by atoms with Gasteiger partial charge in [-0.3, -0.25) is 4.79 Å². The molecule has 118 valence electrons. The number of halogens is 1. The van der Waals surface area contributed by atoms with Crippen LogP contribution in [0.4, 0.5) is 5.69 Å². The highest BCUT2D eigenvalue weighted by Gasteiger charge is 2.33. The van der Waals surface area contributed by atoms with Gasteiger partial charge in [0.25, 0.3) is 0 Å². The van der Waals surface area contributed by atoms with E-state index in [2.05, 4.69) is 46.8 Å². The van der Waals surface area contributed by atoms with Gasteiger partial charge in [0, 0.05) is 34.0 Å². The van der Waals surface area contributed by atoms with Gasteiger partial charge < -0.3 is 4.90 Å². The zero-order valence-corrected chi connectivity index (χ0v) is 15.0. The van der Waals surface area contributed by atoms with Crippen molar-refractivity contribution >= 4 is 27.4 Å². The topological polar surface area (TPSA) is 20.3 Å². The number of Topliss-reactive ketones (excluding diaryl/α,β-unsaturated/α-hetero) is 1. The van der Waals surface area contributed by atoms with Crippen molar-refractivity contribution in [1.29, 1.82) is 0 Å². The van der Waals surface area contributed by atoms with Gasteiger partial charge in [-0.25, -0.2) is 0 Å². The van der Waals surface area contributed by atoms with Gasteiger partial charge in [-0.2, -0.15) is 0 Å². The highest BCUT2D eigenvalue weighted by atomic mass is 79.9. The fraction of sp³-hybridized carbons (Fsp3) is 0.250. The van der Waals surface area contributed by atoms with Gasteiger partial charge in [0.05, 0.1) is 0 Å². The lowest BCUT2D eigenvalue weighted by molar-refractivity contribution is 0.100. The molecule has 0 spiro atoms. The Morgan fingerprint density at radius 2 is 1.70 bits per heavy atom. The molecule has 0 atom stereocenters. The van der Waals surface area contributed by atoms with Crippen LogP contribution in [0.3, 0.4) is 0 Å². The molecule has 0 fully saturated rings. The fourth-order valence-electron chi connectivity index (χ4n) is 2.88. The van der Waals surface area contributed by atoms with E-state index in [9.17, 15) is 4.79 Å². The molecule has 2 aromatic carbocycles. The minimum Gasteiger partial charge on any atom is -0.348 e. The van der Waals surface area contributed by atoms with Crippen LogP contribution in [0.5, 0.6) is 0 Å².